The summed E-state index contributed by atoms with van der Waals surface area (Å²) in [4.78, 5) is 0. The molecule has 0 amide bonds. The summed E-state index contributed by atoms with van der Waals surface area (Å²) in [6.45, 7) is 0. The van der Waals surface area contributed by atoms with Gasteiger partial charge in [-0.15, -0.1) is 0 Å². The second-order valence-corrected chi connectivity index (χ2v) is 6.20. The summed E-state index contributed by atoms with van der Waals surface area (Å²) in [6.07, 6.45) is 0.992. The molecule has 0 unspecified atom stereocenters. The fourth-order valence-corrected chi connectivity index (χ4v) is 2.12. The molecule has 86 valence electrons. The van der Waals surface area contributed by atoms with Gasteiger partial charge in [-0.2, -0.15) is 16.8 Å². The van der Waals surface area contributed by atoms with Crippen molar-refractivity contribution in [3.63, 3.8) is 0 Å². The number of rotatable bonds is 7. The van der Waals surface area contributed by atoms with Crippen LogP contribution in [0.15, 0.2) is 0 Å². The highest BCUT2D eigenvalue weighted by Crippen LogP contribution is 2.02. The zero-order chi connectivity index (χ0) is 11.2. The first-order valence-electron chi connectivity index (χ1n) is 4.00. The predicted molar refractivity (Wildman–Crippen MR) is 51.1 cm³/mol. The third-order valence-electron chi connectivity index (χ3n) is 1.55. The largest absolute Gasteiger partial charge is 0.286 e. The number of hydrogen-bond donors (Lipinski definition) is 1. The van der Waals surface area contributed by atoms with E-state index in [0.29, 0.717) is 12.8 Å². The maximum Gasteiger partial charge on any atom is 0.267 e. The van der Waals surface area contributed by atoms with Crippen molar-refractivity contribution < 1.29 is 25.6 Å². The van der Waals surface area contributed by atoms with Crippen LogP contribution in [-0.2, 0) is 24.4 Å². The zero-order valence-electron chi connectivity index (χ0n) is 7.84. The Kier molecular flexibility index (Phi) is 5.57. The lowest BCUT2D eigenvalue weighted by Crippen LogP contribution is -2.09. The maximum absolute atomic E-state index is 10.8. The van der Waals surface area contributed by atoms with Gasteiger partial charge >= 0.3 is 0 Å². The predicted octanol–water partition coefficient (Wildman–Crippen LogP) is 0.0207. The highest BCUT2D eigenvalue weighted by Gasteiger charge is 2.08. The van der Waals surface area contributed by atoms with E-state index in [4.69, 9.17) is 4.55 Å². The summed E-state index contributed by atoms with van der Waals surface area (Å²) in [5.41, 5.74) is 0. The summed E-state index contributed by atoms with van der Waals surface area (Å²) >= 11 is 0. The minimum Gasteiger partial charge on any atom is -0.286 e. The Hall–Kier alpha value is -0.180. The summed E-state index contributed by atoms with van der Waals surface area (Å²) in [5.74, 6) is -0.463. The molecule has 0 rings (SSSR count). The van der Waals surface area contributed by atoms with E-state index in [2.05, 4.69) is 4.18 Å². The van der Waals surface area contributed by atoms with Crippen molar-refractivity contribution in [1.82, 2.24) is 0 Å². The Bertz CT molecular complexity index is 341. The molecule has 0 fully saturated rings. The van der Waals surface area contributed by atoms with Crippen molar-refractivity contribution in [3.8, 4) is 0 Å². The van der Waals surface area contributed by atoms with Gasteiger partial charge < -0.3 is 0 Å². The van der Waals surface area contributed by atoms with E-state index in [1.165, 1.54) is 0 Å². The minimum absolute atomic E-state index is 0.130. The molecule has 0 aromatic heterocycles. The molecule has 0 aliphatic carbocycles. The third-order valence-corrected chi connectivity index (χ3v) is 3.65. The van der Waals surface area contributed by atoms with E-state index in [0.717, 1.165) is 7.11 Å². The lowest BCUT2D eigenvalue weighted by molar-refractivity contribution is 0.396. The highest BCUT2D eigenvalue weighted by molar-refractivity contribution is 7.86. The van der Waals surface area contributed by atoms with E-state index in [1.807, 2.05) is 0 Å². The van der Waals surface area contributed by atoms with Crippen LogP contribution < -0.4 is 0 Å². The molecule has 0 spiro atoms. The smallest absolute Gasteiger partial charge is 0.267 e. The second kappa shape index (κ2) is 5.64. The molecule has 0 heterocycles. The molecule has 14 heavy (non-hydrogen) atoms. The maximum atomic E-state index is 10.8. The van der Waals surface area contributed by atoms with Gasteiger partial charge in [0, 0.05) is 0 Å². The first kappa shape index (κ1) is 13.8. The molecule has 0 aliphatic rings. The van der Waals surface area contributed by atoms with Crippen molar-refractivity contribution in [1.29, 1.82) is 0 Å². The Labute approximate surface area is 84.1 Å². The molecule has 0 atom stereocenters. The summed E-state index contributed by atoms with van der Waals surface area (Å²) in [5, 5.41) is 0. The normalized spacial score (nSPS) is 13.0. The lowest BCUT2D eigenvalue weighted by Gasteiger charge is -2.00. The van der Waals surface area contributed by atoms with E-state index in [-0.39, 0.29) is 17.9 Å². The molecule has 6 nitrogen and oxygen atoms in total. The standard InChI is InChI=1S/C6H14O6S2/c1-12-14(10,11)6-4-2-3-5-13(7,8)9/h2-6H2,1H3,(H,7,8,9). The van der Waals surface area contributed by atoms with Gasteiger partial charge in [0.15, 0.2) is 0 Å². The van der Waals surface area contributed by atoms with Gasteiger partial charge in [0.05, 0.1) is 18.6 Å². The van der Waals surface area contributed by atoms with Crippen molar-refractivity contribution in [3.05, 3.63) is 0 Å². The summed E-state index contributed by atoms with van der Waals surface area (Å²) in [7, 11) is -6.30. The third kappa shape index (κ3) is 8.42. The monoisotopic (exact) mass is 246 g/mol. The Morgan fingerprint density at radius 2 is 1.50 bits per heavy atom. The fraction of sp³-hybridized carbons (Fsp3) is 1.00. The molecule has 8 heteroatoms. The van der Waals surface area contributed by atoms with Gasteiger partial charge in [-0.3, -0.25) is 8.74 Å². The van der Waals surface area contributed by atoms with E-state index >= 15 is 0 Å². The SMILES string of the molecule is COS(=O)(=O)CCCCCS(=O)(=O)O. The van der Waals surface area contributed by atoms with Crippen LogP contribution in [0.3, 0.4) is 0 Å². The van der Waals surface area contributed by atoms with Crippen molar-refractivity contribution >= 4 is 20.2 Å². The zero-order valence-corrected chi connectivity index (χ0v) is 9.47. The topological polar surface area (TPSA) is 97.7 Å². The lowest BCUT2D eigenvalue weighted by atomic mass is 10.3. The van der Waals surface area contributed by atoms with Crippen LogP contribution in [-0.4, -0.2) is 40.0 Å². The quantitative estimate of drug-likeness (QED) is 0.386. The Morgan fingerprint density at radius 3 is 1.93 bits per heavy atom. The molecule has 0 saturated heterocycles. The molecular weight excluding hydrogens is 232 g/mol. The first-order chi connectivity index (χ1) is 6.27. The van der Waals surface area contributed by atoms with Crippen molar-refractivity contribution in [2.75, 3.05) is 18.6 Å². The number of hydrogen-bond acceptors (Lipinski definition) is 5. The van der Waals surface area contributed by atoms with Crippen LogP contribution >= 0.6 is 0 Å². The molecule has 0 radical (unpaired) electrons. The first-order valence-corrected chi connectivity index (χ1v) is 7.19. The highest BCUT2D eigenvalue weighted by atomic mass is 32.2. The van der Waals surface area contributed by atoms with E-state index < -0.39 is 20.2 Å². The van der Waals surface area contributed by atoms with Gasteiger partial charge in [0.25, 0.3) is 20.2 Å². The van der Waals surface area contributed by atoms with Gasteiger partial charge in [0.1, 0.15) is 0 Å². The molecule has 0 saturated carbocycles. The average molecular weight is 246 g/mol. The molecule has 0 aliphatic heterocycles. The van der Waals surface area contributed by atoms with Crippen LogP contribution in [0.5, 0.6) is 0 Å². The Balaban J connectivity index is 3.59. The fourth-order valence-electron chi connectivity index (χ4n) is 0.823. The van der Waals surface area contributed by atoms with Gasteiger partial charge in [-0.1, -0.05) is 6.42 Å². The van der Waals surface area contributed by atoms with Crippen molar-refractivity contribution in [2.24, 2.45) is 0 Å². The van der Waals surface area contributed by atoms with Crippen LogP contribution in [0.2, 0.25) is 0 Å². The van der Waals surface area contributed by atoms with E-state index in [9.17, 15) is 16.8 Å². The molecule has 0 aromatic carbocycles. The van der Waals surface area contributed by atoms with Crippen molar-refractivity contribution in [2.45, 2.75) is 19.3 Å². The van der Waals surface area contributed by atoms with Crippen LogP contribution in [0, 0.1) is 0 Å². The van der Waals surface area contributed by atoms with Crippen LogP contribution in [0.25, 0.3) is 0 Å². The second-order valence-electron chi connectivity index (χ2n) is 2.78. The molecule has 1 N–H and O–H groups in total. The van der Waals surface area contributed by atoms with Gasteiger partial charge in [-0.05, 0) is 12.8 Å². The minimum atomic E-state index is -3.93. The summed E-state index contributed by atoms with van der Waals surface area (Å²) < 4.78 is 54.6. The molecule has 0 bridgehead atoms. The average Bonchev–Trinajstić information content (AvgIpc) is 2.01. The number of unbranched alkanes of at least 4 members (excludes halogenated alkanes) is 2. The molecule has 0 aromatic rings. The summed E-state index contributed by atoms with van der Waals surface area (Å²) in [6, 6.07) is 0. The van der Waals surface area contributed by atoms with Crippen LogP contribution in [0.1, 0.15) is 19.3 Å². The van der Waals surface area contributed by atoms with Gasteiger partial charge in [0.2, 0.25) is 0 Å². The Morgan fingerprint density at radius 1 is 1.00 bits per heavy atom. The van der Waals surface area contributed by atoms with E-state index in [1.54, 1.807) is 0 Å². The van der Waals surface area contributed by atoms with Crippen LogP contribution in [0.4, 0.5) is 0 Å². The van der Waals surface area contributed by atoms with Gasteiger partial charge in [-0.25, -0.2) is 0 Å². The molecular formula is C6H14O6S2.